The second-order valence-electron chi connectivity index (χ2n) is 7.19. The van der Waals surface area contributed by atoms with Crippen molar-refractivity contribution in [2.45, 2.75) is 67.7 Å². The van der Waals surface area contributed by atoms with E-state index in [0.717, 1.165) is 36.8 Å². The van der Waals surface area contributed by atoms with Gasteiger partial charge in [-0.05, 0) is 59.0 Å². The monoisotopic (exact) mass is 327 g/mol. The Morgan fingerprint density at radius 2 is 1.83 bits per heavy atom. The van der Waals surface area contributed by atoms with Crippen LogP contribution in [0.1, 0.15) is 71.0 Å². The number of anilines is 1. The molecule has 3 nitrogen and oxygen atoms in total. The van der Waals surface area contributed by atoms with E-state index in [9.17, 15) is 0 Å². The Morgan fingerprint density at radius 1 is 1.12 bits per heavy atom. The molecule has 0 N–H and O–H groups in total. The Morgan fingerprint density at radius 3 is 2.42 bits per heavy atom. The van der Waals surface area contributed by atoms with Gasteiger partial charge in [0.1, 0.15) is 11.6 Å². The van der Waals surface area contributed by atoms with E-state index in [-0.39, 0.29) is 0 Å². The van der Waals surface area contributed by atoms with Crippen LogP contribution in [0.3, 0.4) is 0 Å². The summed E-state index contributed by atoms with van der Waals surface area (Å²) in [4.78, 5) is 12.0. The molecule has 1 aliphatic carbocycles. The maximum Gasteiger partial charge on any atom is 0.135 e. The number of rotatable bonds is 6. The first-order valence-corrected chi connectivity index (χ1v) is 9.38. The lowest BCUT2D eigenvalue weighted by molar-refractivity contribution is 0.701. The van der Waals surface area contributed by atoms with Crippen molar-refractivity contribution < 1.29 is 0 Å². The molecule has 1 aliphatic rings. The maximum atomic E-state index is 4.84. The number of aromatic nitrogens is 2. The third-order valence-corrected chi connectivity index (χ3v) is 4.92. The number of unbranched alkanes of at least 4 members (excludes halogenated alkanes) is 1. The van der Waals surface area contributed by atoms with E-state index in [1.807, 2.05) is 6.92 Å². The van der Waals surface area contributed by atoms with Gasteiger partial charge in [-0.1, -0.05) is 31.9 Å². The predicted molar refractivity (Wildman–Crippen MR) is 104 cm³/mol. The van der Waals surface area contributed by atoms with Gasteiger partial charge in [-0.25, -0.2) is 9.97 Å². The quantitative estimate of drug-likeness (QED) is 0.693. The first kappa shape index (κ1) is 18.7. The lowest BCUT2D eigenvalue weighted by Crippen LogP contribution is -2.27. The molecule has 0 radical (unpaired) electrons. The van der Waals surface area contributed by atoms with Gasteiger partial charge >= 0.3 is 0 Å². The molecule has 0 bridgehead atoms. The lowest BCUT2D eigenvalue weighted by Gasteiger charge is -2.27. The van der Waals surface area contributed by atoms with Crippen LogP contribution in [-0.4, -0.2) is 23.1 Å². The summed E-state index contributed by atoms with van der Waals surface area (Å²) in [5.41, 5.74) is 6.49. The van der Waals surface area contributed by atoms with Crippen molar-refractivity contribution in [3.63, 3.8) is 0 Å². The van der Waals surface area contributed by atoms with Crippen LogP contribution in [0, 0.1) is 19.8 Å². The molecule has 2 rings (SSSR count). The SMILES string of the molecule is CCCCN(CC)c1nc(C)nc(C2=C(C)CC(C)C=C2C)c1C. The van der Waals surface area contributed by atoms with Gasteiger partial charge in [0.05, 0.1) is 5.69 Å². The van der Waals surface area contributed by atoms with E-state index in [4.69, 9.17) is 9.97 Å². The van der Waals surface area contributed by atoms with Gasteiger partial charge in [-0.3, -0.25) is 0 Å². The van der Waals surface area contributed by atoms with E-state index >= 15 is 0 Å². The Hall–Kier alpha value is -1.64. The zero-order valence-corrected chi connectivity index (χ0v) is 16.5. The fourth-order valence-corrected chi connectivity index (χ4v) is 3.81. The van der Waals surface area contributed by atoms with Crippen molar-refractivity contribution in [2.75, 3.05) is 18.0 Å². The van der Waals surface area contributed by atoms with Crippen molar-refractivity contribution in [3.8, 4) is 0 Å². The normalized spacial score (nSPS) is 18.0. The molecule has 0 saturated carbocycles. The number of hydrogen-bond acceptors (Lipinski definition) is 3. The summed E-state index contributed by atoms with van der Waals surface area (Å²) >= 11 is 0. The van der Waals surface area contributed by atoms with E-state index in [1.165, 1.54) is 35.1 Å². The van der Waals surface area contributed by atoms with Gasteiger partial charge in [-0.2, -0.15) is 0 Å². The minimum atomic E-state index is 0.619. The van der Waals surface area contributed by atoms with Crippen molar-refractivity contribution in [3.05, 3.63) is 34.3 Å². The molecule has 1 heterocycles. The zero-order chi connectivity index (χ0) is 17.9. The molecule has 1 atom stereocenters. The van der Waals surface area contributed by atoms with E-state index in [0.29, 0.717) is 5.92 Å². The van der Waals surface area contributed by atoms with Gasteiger partial charge in [0.15, 0.2) is 0 Å². The maximum absolute atomic E-state index is 4.84. The second-order valence-corrected chi connectivity index (χ2v) is 7.19. The molecule has 0 saturated heterocycles. The minimum absolute atomic E-state index is 0.619. The summed E-state index contributed by atoms with van der Waals surface area (Å²) in [6.45, 7) is 17.5. The molecule has 24 heavy (non-hydrogen) atoms. The average Bonchev–Trinajstić information content (AvgIpc) is 2.50. The summed E-state index contributed by atoms with van der Waals surface area (Å²) in [7, 11) is 0. The fourth-order valence-electron chi connectivity index (χ4n) is 3.81. The number of allylic oxidation sites excluding steroid dienone is 4. The van der Waals surface area contributed by atoms with Crippen LogP contribution in [0.25, 0.3) is 5.57 Å². The summed E-state index contributed by atoms with van der Waals surface area (Å²) in [6, 6.07) is 0. The highest BCUT2D eigenvalue weighted by Crippen LogP contribution is 2.37. The molecule has 0 amide bonds. The van der Waals surface area contributed by atoms with Gasteiger partial charge in [-0.15, -0.1) is 0 Å². The molecule has 1 aromatic rings. The molecule has 3 heteroatoms. The average molecular weight is 328 g/mol. The number of nitrogens with zero attached hydrogens (tertiary/aromatic N) is 3. The van der Waals surface area contributed by atoms with Gasteiger partial charge in [0, 0.05) is 24.2 Å². The van der Waals surface area contributed by atoms with Crippen molar-refractivity contribution >= 4 is 11.4 Å². The molecule has 0 spiro atoms. The molecule has 0 aliphatic heterocycles. The lowest BCUT2D eigenvalue weighted by atomic mass is 9.84. The van der Waals surface area contributed by atoms with Crippen LogP contribution in [-0.2, 0) is 0 Å². The van der Waals surface area contributed by atoms with E-state index in [1.54, 1.807) is 0 Å². The summed E-state index contributed by atoms with van der Waals surface area (Å²) in [5, 5.41) is 0. The molecular formula is C21H33N3. The fraction of sp³-hybridized carbons (Fsp3) is 0.619. The highest BCUT2D eigenvalue weighted by Gasteiger charge is 2.22. The topological polar surface area (TPSA) is 29.0 Å². The largest absolute Gasteiger partial charge is 0.357 e. The molecule has 0 fully saturated rings. The van der Waals surface area contributed by atoms with E-state index < -0.39 is 0 Å². The molecule has 1 aromatic heterocycles. The molecular weight excluding hydrogens is 294 g/mol. The second kappa shape index (κ2) is 7.96. The third kappa shape index (κ3) is 3.88. The first-order chi connectivity index (χ1) is 11.4. The van der Waals surface area contributed by atoms with E-state index in [2.05, 4.69) is 52.5 Å². The standard InChI is InChI=1S/C21H33N3/c1-8-10-11-24(9-2)21-17(6)20(22-18(7)23-21)19-15(4)12-14(3)13-16(19)5/h12,14H,8-11,13H2,1-7H3. The van der Waals surface area contributed by atoms with Crippen LogP contribution < -0.4 is 4.90 Å². The highest BCUT2D eigenvalue weighted by atomic mass is 15.2. The Kier molecular flexibility index (Phi) is 6.20. The zero-order valence-electron chi connectivity index (χ0n) is 16.5. The van der Waals surface area contributed by atoms with Crippen molar-refractivity contribution in [2.24, 2.45) is 5.92 Å². The first-order valence-electron chi connectivity index (χ1n) is 9.38. The van der Waals surface area contributed by atoms with Gasteiger partial charge in [0.2, 0.25) is 0 Å². The smallest absolute Gasteiger partial charge is 0.135 e. The summed E-state index contributed by atoms with van der Waals surface area (Å²) < 4.78 is 0. The molecule has 0 aromatic carbocycles. The Bertz CT molecular complexity index is 655. The summed E-state index contributed by atoms with van der Waals surface area (Å²) in [6.07, 6.45) is 5.91. The highest BCUT2D eigenvalue weighted by molar-refractivity contribution is 5.83. The Labute approximate surface area is 147 Å². The molecule has 1 unspecified atom stereocenters. The third-order valence-electron chi connectivity index (χ3n) is 4.92. The number of hydrogen-bond donors (Lipinski definition) is 0. The van der Waals surface area contributed by atoms with Crippen LogP contribution in [0.15, 0.2) is 17.2 Å². The van der Waals surface area contributed by atoms with Crippen molar-refractivity contribution in [1.29, 1.82) is 0 Å². The van der Waals surface area contributed by atoms with Gasteiger partial charge in [0.25, 0.3) is 0 Å². The van der Waals surface area contributed by atoms with Crippen molar-refractivity contribution in [1.82, 2.24) is 9.97 Å². The minimum Gasteiger partial charge on any atom is -0.357 e. The summed E-state index contributed by atoms with van der Waals surface area (Å²) in [5.74, 6) is 2.60. The van der Waals surface area contributed by atoms with Crippen LogP contribution >= 0.6 is 0 Å². The van der Waals surface area contributed by atoms with Crippen LogP contribution in [0.4, 0.5) is 5.82 Å². The Balaban J connectivity index is 2.53. The predicted octanol–water partition coefficient (Wildman–Crippen LogP) is 5.48. The van der Waals surface area contributed by atoms with Gasteiger partial charge < -0.3 is 4.90 Å². The number of aryl methyl sites for hydroxylation is 1. The van der Waals surface area contributed by atoms with Crippen LogP contribution in [0.2, 0.25) is 0 Å². The molecule has 132 valence electrons. The van der Waals surface area contributed by atoms with Crippen LogP contribution in [0.5, 0.6) is 0 Å².